The molecule has 0 spiro atoms. The molecule has 0 aliphatic heterocycles. The summed E-state index contributed by atoms with van der Waals surface area (Å²) >= 11 is 0. The molecule has 1 amide bonds. The smallest absolute Gasteiger partial charge is 0.225 e. The summed E-state index contributed by atoms with van der Waals surface area (Å²) in [6.07, 6.45) is 2.00. The molecule has 1 aromatic heterocycles. The van der Waals surface area contributed by atoms with Crippen LogP contribution in [-0.4, -0.2) is 5.91 Å². The van der Waals surface area contributed by atoms with Crippen LogP contribution in [0.4, 0.5) is 0 Å². The zero-order chi connectivity index (χ0) is 17.2. The number of rotatable bonds is 4. The summed E-state index contributed by atoms with van der Waals surface area (Å²) < 4.78 is 5.67. The molecule has 1 atom stereocenters. The van der Waals surface area contributed by atoms with Gasteiger partial charge in [0.2, 0.25) is 5.91 Å². The first-order valence-corrected chi connectivity index (χ1v) is 8.44. The fourth-order valence-electron chi connectivity index (χ4n) is 3.30. The Morgan fingerprint density at radius 1 is 1.00 bits per heavy atom. The predicted molar refractivity (Wildman–Crippen MR) is 100 cm³/mol. The second-order valence-electron chi connectivity index (χ2n) is 6.30. The molecule has 1 heterocycles. The van der Waals surface area contributed by atoms with Gasteiger partial charge in [0.1, 0.15) is 5.58 Å². The summed E-state index contributed by atoms with van der Waals surface area (Å²) in [5, 5.41) is 6.36. The number of hydrogen-bond acceptors (Lipinski definition) is 2. The number of fused-ring (bicyclic) bond motifs is 3. The standard InChI is InChI=1S/C22H19NO2/c1-15(16-7-3-2-4-8-16)23-21(24)13-18-14-25-20-12-11-17-9-5-6-10-19(17)22(18)20/h2-12,14-15H,13H2,1H3,(H,23,24)/t15-/m1/s1. The molecule has 1 N–H and O–H groups in total. The van der Waals surface area contributed by atoms with Crippen LogP contribution in [0.1, 0.15) is 24.1 Å². The van der Waals surface area contributed by atoms with Gasteiger partial charge in [-0.05, 0) is 29.3 Å². The lowest BCUT2D eigenvalue weighted by Gasteiger charge is -2.14. The molecule has 4 rings (SSSR count). The maximum Gasteiger partial charge on any atom is 0.225 e. The Bertz CT molecular complexity index is 1030. The van der Waals surface area contributed by atoms with E-state index in [1.54, 1.807) is 6.26 Å². The van der Waals surface area contributed by atoms with Crippen molar-refractivity contribution in [1.82, 2.24) is 5.32 Å². The topological polar surface area (TPSA) is 42.2 Å². The van der Waals surface area contributed by atoms with Crippen molar-refractivity contribution in [2.24, 2.45) is 0 Å². The highest BCUT2D eigenvalue weighted by molar-refractivity contribution is 6.08. The van der Waals surface area contributed by atoms with Crippen LogP contribution in [-0.2, 0) is 11.2 Å². The van der Waals surface area contributed by atoms with Gasteiger partial charge in [-0.25, -0.2) is 0 Å². The summed E-state index contributed by atoms with van der Waals surface area (Å²) in [7, 11) is 0. The average Bonchev–Trinajstić information content (AvgIpc) is 3.05. The zero-order valence-electron chi connectivity index (χ0n) is 14.0. The van der Waals surface area contributed by atoms with Crippen LogP contribution in [0.25, 0.3) is 21.7 Å². The predicted octanol–water partition coefficient (Wildman–Crippen LogP) is 5.01. The molecular formula is C22H19NO2. The van der Waals surface area contributed by atoms with Crippen molar-refractivity contribution >= 4 is 27.6 Å². The van der Waals surface area contributed by atoms with Gasteiger partial charge in [0.25, 0.3) is 0 Å². The van der Waals surface area contributed by atoms with Gasteiger partial charge in [-0.1, -0.05) is 60.7 Å². The van der Waals surface area contributed by atoms with Crippen molar-refractivity contribution in [3.8, 4) is 0 Å². The fraction of sp³-hybridized carbons (Fsp3) is 0.136. The van der Waals surface area contributed by atoms with Crippen LogP contribution >= 0.6 is 0 Å². The van der Waals surface area contributed by atoms with Crippen molar-refractivity contribution in [2.45, 2.75) is 19.4 Å². The van der Waals surface area contributed by atoms with E-state index in [0.717, 1.165) is 32.9 Å². The Morgan fingerprint density at radius 3 is 2.60 bits per heavy atom. The second-order valence-corrected chi connectivity index (χ2v) is 6.30. The van der Waals surface area contributed by atoms with Crippen molar-refractivity contribution in [3.05, 3.63) is 84.1 Å². The Balaban J connectivity index is 1.60. The molecule has 0 bridgehead atoms. The lowest BCUT2D eigenvalue weighted by molar-refractivity contribution is -0.121. The summed E-state index contributed by atoms with van der Waals surface area (Å²) in [6.45, 7) is 2.00. The number of benzene rings is 3. The van der Waals surface area contributed by atoms with Gasteiger partial charge in [0.05, 0.1) is 18.7 Å². The van der Waals surface area contributed by atoms with Crippen LogP contribution in [0, 0.1) is 0 Å². The highest BCUT2D eigenvalue weighted by Gasteiger charge is 2.15. The van der Waals surface area contributed by atoms with E-state index in [0.29, 0.717) is 6.42 Å². The average molecular weight is 329 g/mol. The van der Waals surface area contributed by atoms with Gasteiger partial charge in [-0.3, -0.25) is 4.79 Å². The first-order chi connectivity index (χ1) is 12.2. The Labute approximate surface area is 146 Å². The summed E-state index contributed by atoms with van der Waals surface area (Å²) in [6, 6.07) is 22.1. The molecule has 0 aliphatic rings. The summed E-state index contributed by atoms with van der Waals surface area (Å²) in [4.78, 5) is 12.5. The zero-order valence-corrected chi connectivity index (χ0v) is 14.0. The van der Waals surface area contributed by atoms with Gasteiger partial charge in [-0.2, -0.15) is 0 Å². The lowest BCUT2D eigenvalue weighted by atomic mass is 10.0. The molecule has 25 heavy (non-hydrogen) atoms. The molecule has 3 heteroatoms. The molecule has 0 fully saturated rings. The van der Waals surface area contributed by atoms with Gasteiger partial charge >= 0.3 is 0 Å². The molecule has 0 saturated heterocycles. The quantitative estimate of drug-likeness (QED) is 0.572. The Hall–Kier alpha value is -3.07. The third-order valence-corrected chi connectivity index (χ3v) is 4.57. The monoisotopic (exact) mass is 329 g/mol. The van der Waals surface area contributed by atoms with Crippen LogP contribution in [0.2, 0.25) is 0 Å². The van der Waals surface area contributed by atoms with E-state index in [2.05, 4.69) is 17.4 Å². The van der Waals surface area contributed by atoms with Gasteiger partial charge in [0, 0.05) is 10.9 Å². The highest BCUT2D eigenvalue weighted by atomic mass is 16.3. The van der Waals surface area contributed by atoms with Crippen LogP contribution in [0.15, 0.2) is 77.4 Å². The molecule has 0 aliphatic carbocycles. The van der Waals surface area contributed by atoms with Crippen molar-refractivity contribution in [1.29, 1.82) is 0 Å². The number of amides is 1. The minimum Gasteiger partial charge on any atom is -0.464 e. The van der Waals surface area contributed by atoms with E-state index < -0.39 is 0 Å². The highest BCUT2D eigenvalue weighted by Crippen LogP contribution is 2.30. The van der Waals surface area contributed by atoms with Crippen LogP contribution in [0.3, 0.4) is 0 Å². The van der Waals surface area contributed by atoms with Crippen molar-refractivity contribution in [3.63, 3.8) is 0 Å². The van der Waals surface area contributed by atoms with Crippen molar-refractivity contribution in [2.75, 3.05) is 0 Å². The second kappa shape index (κ2) is 6.44. The Morgan fingerprint density at radius 2 is 1.76 bits per heavy atom. The molecule has 4 aromatic rings. The maximum absolute atomic E-state index is 12.5. The first-order valence-electron chi connectivity index (χ1n) is 8.44. The van der Waals surface area contributed by atoms with Gasteiger partial charge in [-0.15, -0.1) is 0 Å². The van der Waals surface area contributed by atoms with Crippen LogP contribution in [0.5, 0.6) is 0 Å². The minimum absolute atomic E-state index is 0.00742. The van der Waals surface area contributed by atoms with Gasteiger partial charge < -0.3 is 9.73 Å². The molecule has 3 aromatic carbocycles. The van der Waals surface area contributed by atoms with E-state index in [4.69, 9.17) is 4.42 Å². The van der Waals surface area contributed by atoms with Gasteiger partial charge in [0.15, 0.2) is 0 Å². The third kappa shape index (κ3) is 3.01. The molecule has 0 saturated carbocycles. The maximum atomic E-state index is 12.5. The van der Waals surface area contributed by atoms with Crippen LogP contribution < -0.4 is 5.32 Å². The molecule has 3 nitrogen and oxygen atoms in total. The number of hydrogen-bond donors (Lipinski definition) is 1. The summed E-state index contributed by atoms with van der Waals surface area (Å²) in [5.41, 5.74) is 2.83. The van der Waals surface area contributed by atoms with E-state index in [1.165, 1.54) is 0 Å². The summed E-state index contributed by atoms with van der Waals surface area (Å²) in [5.74, 6) is -0.00742. The normalized spacial score (nSPS) is 12.4. The fourth-order valence-corrected chi connectivity index (χ4v) is 3.30. The minimum atomic E-state index is -0.0244. The number of nitrogens with one attached hydrogen (secondary N) is 1. The van der Waals surface area contributed by atoms with E-state index in [9.17, 15) is 4.79 Å². The molecule has 124 valence electrons. The van der Waals surface area contributed by atoms with Crippen molar-refractivity contribution < 1.29 is 9.21 Å². The number of furan rings is 1. The number of carbonyl (C=O) groups excluding carboxylic acids is 1. The third-order valence-electron chi connectivity index (χ3n) is 4.57. The Kier molecular flexibility index (Phi) is 3.98. The molecular weight excluding hydrogens is 310 g/mol. The number of carbonyl (C=O) groups is 1. The first kappa shape index (κ1) is 15.5. The molecule has 0 radical (unpaired) electrons. The SMILES string of the molecule is C[C@@H](NC(=O)Cc1coc2ccc3ccccc3c12)c1ccccc1. The van der Waals surface area contributed by atoms with E-state index >= 15 is 0 Å². The lowest BCUT2D eigenvalue weighted by Crippen LogP contribution is -2.28. The van der Waals surface area contributed by atoms with E-state index in [1.807, 2.05) is 61.5 Å². The molecule has 0 unspecified atom stereocenters. The largest absolute Gasteiger partial charge is 0.464 e. The van der Waals surface area contributed by atoms with E-state index in [-0.39, 0.29) is 11.9 Å².